The van der Waals surface area contributed by atoms with Crippen LogP contribution in [0, 0.1) is 0 Å². The van der Waals surface area contributed by atoms with Crippen LogP contribution in [-0.4, -0.2) is 29.1 Å². The molecule has 0 aliphatic carbocycles. The first-order valence-corrected chi connectivity index (χ1v) is 9.28. The van der Waals surface area contributed by atoms with Gasteiger partial charge < -0.3 is 20.0 Å². The normalized spacial score (nSPS) is 14.1. The Morgan fingerprint density at radius 1 is 1.11 bits per heavy atom. The van der Waals surface area contributed by atoms with Gasteiger partial charge in [-0.15, -0.1) is 0 Å². The maximum Gasteiger partial charge on any atom is 0.323 e. The first-order valence-electron chi connectivity index (χ1n) is 9.28. The minimum atomic E-state index is -0.322. The monoisotopic (exact) mass is 365 g/mol. The van der Waals surface area contributed by atoms with E-state index in [4.69, 9.17) is 4.42 Å². The van der Waals surface area contributed by atoms with Gasteiger partial charge in [0.1, 0.15) is 11.3 Å². The van der Waals surface area contributed by atoms with Crippen LogP contribution in [0.2, 0.25) is 0 Å². The van der Waals surface area contributed by atoms with Gasteiger partial charge in [-0.25, -0.2) is 14.8 Å². The molecule has 1 fully saturated rings. The third-order valence-corrected chi connectivity index (χ3v) is 4.59. The second-order valence-electron chi connectivity index (χ2n) is 7.07. The summed E-state index contributed by atoms with van der Waals surface area (Å²) in [6, 6.07) is 8.91. The number of carbonyl (C=O) groups excluding carboxylic acids is 1. The predicted octanol–water partition coefficient (Wildman–Crippen LogP) is 4.59. The summed E-state index contributed by atoms with van der Waals surface area (Å²) in [7, 11) is 0. The number of rotatable bonds is 4. The fraction of sp³-hybridized carbons (Fsp3) is 0.350. The van der Waals surface area contributed by atoms with Crippen molar-refractivity contribution >= 4 is 34.3 Å². The maximum absolute atomic E-state index is 12.3. The number of anilines is 3. The van der Waals surface area contributed by atoms with Crippen molar-refractivity contribution in [2.45, 2.75) is 32.6 Å². The third-order valence-electron chi connectivity index (χ3n) is 4.59. The Morgan fingerprint density at radius 2 is 1.85 bits per heavy atom. The molecule has 3 aromatic rings. The smallest absolute Gasteiger partial charge is 0.323 e. The van der Waals surface area contributed by atoms with Gasteiger partial charge >= 0.3 is 6.03 Å². The third kappa shape index (κ3) is 3.86. The van der Waals surface area contributed by atoms with Crippen LogP contribution in [0.25, 0.3) is 11.1 Å². The number of amides is 2. The molecule has 7 nitrogen and oxygen atoms in total. The molecule has 0 bridgehead atoms. The minimum absolute atomic E-state index is 0.216. The number of urea groups is 1. The molecule has 0 unspecified atom stereocenters. The van der Waals surface area contributed by atoms with Gasteiger partial charge in [-0.05, 0) is 43.2 Å². The van der Waals surface area contributed by atoms with Crippen molar-refractivity contribution in [3.63, 3.8) is 0 Å². The fourth-order valence-electron chi connectivity index (χ4n) is 3.16. The van der Waals surface area contributed by atoms with Crippen LogP contribution in [0.1, 0.15) is 38.5 Å². The second-order valence-corrected chi connectivity index (χ2v) is 7.07. The van der Waals surface area contributed by atoms with Gasteiger partial charge in [0.05, 0.1) is 11.9 Å². The summed E-state index contributed by atoms with van der Waals surface area (Å²) >= 11 is 0. The highest BCUT2D eigenvalue weighted by molar-refractivity contribution is 6.00. The molecule has 4 rings (SSSR count). The molecule has 3 heterocycles. The van der Waals surface area contributed by atoms with E-state index in [9.17, 15) is 4.79 Å². The van der Waals surface area contributed by atoms with E-state index >= 15 is 0 Å². The Balaban J connectivity index is 1.40. The zero-order valence-electron chi connectivity index (χ0n) is 15.5. The highest BCUT2D eigenvalue weighted by Gasteiger charge is 2.14. The molecule has 0 saturated carbocycles. The van der Waals surface area contributed by atoms with E-state index in [1.165, 1.54) is 12.8 Å². The number of pyridine rings is 1. The molecule has 1 aromatic carbocycles. The molecule has 2 aromatic heterocycles. The lowest BCUT2D eigenvalue weighted by Crippen LogP contribution is -2.21. The van der Waals surface area contributed by atoms with E-state index < -0.39 is 0 Å². The average molecular weight is 365 g/mol. The Labute approximate surface area is 157 Å². The molecule has 0 atom stereocenters. The van der Waals surface area contributed by atoms with Gasteiger partial charge in [0.2, 0.25) is 0 Å². The topological polar surface area (TPSA) is 83.3 Å². The summed E-state index contributed by atoms with van der Waals surface area (Å²) in [5.41, 5.74) is 2.75. The fourth-order valence-corrected chi connectivity index (χ4v) is 3.16. The van der Waals surface area contributed by atoms with E-state index in [2.05, 4.69) is 25.5 Å². The summed E-state index contributed by atoms with van der Waals surface area (Å²) in [5.74, 6) is 1.86. The van der Waals surface area contributed by atoms with Crippen molar-refractivity contribution in [3.05, 3.63) is 42.4 Å². The van der Waals surface area contributed by atoms with Crippen molar-refractivity contribution in [3.8, 4) is 0 Å². The largest absolute Gasteiger partial charge is 0.440 e. The van der Waals surface area contributed by atoms with Crippen molar-refractivity contribution < 1.29 is 9.21 Å². The first-order chi connectivity index (χ1) is 13.1. The number of carbonyl (C=O) groups is 1. The van der Waals surface area contributed by atoms with Gasteiger partial charge in [0.25, 0.3) is 0 Å². The molecule has 7 heteroatoms. The molecule has 27 heavy (non-hydrogen) atoms. The molecule has 1 aliphatic heterocycles. The van der Waals surface area contributed by atoms with E-state index in [1.807, 2.05) is 32.0 Å². The number of hydrogen-bond donors (Lipinski definition) is 2. The van der Waals surface area contributed by atoms with Crippen molar-refractivity contribution in [1.82, 2.24) is 9.97 Å². The highest BCUT2D eigenvalue weighted by atomic mass is 16.3. The zero-order valence-corrected chi connectivity index (χ0v) is 15.5. The number of nitrogens with zero attached hydrogens (tertiary/aromatic N) is 3. The van der Waals surface area contributed by atoms with E-state index in [0.717, 1.165) is 24.4 Å². The van der Waals surface area contributed by atoms with Crippen molar-refractivity contribution in [2.75, 3.05) is 28.6 Å². The molecular weight excluding hydrogens is 342 g/mol. The average Bonchev–Trinajstić information content (AvgIpc) is 3.31. The molecule has 1 aliphatic rings. The number of aromatic nitrogens is 2. The lowest BCUT2D eigenvalue weighted by Gasteiger charge is -2.16. The number of oxazole rings is 1. The van der Waals surface area contributed by atoms with Crippen molar-refractivity contribution in [1.29, 1.82) is 0 Å². The van der Waals surface area contributed by atoms with Gasteiger partial charge in [-0.1, -0.05) is 13.8 Å². The van der Waals surface area contributed by atoms with Gasteiger partial charge in [-0.3, -0.25) is 0 Å². The van der Waals surface area contributed by atoms with Gasteiger partial charge in [-0.2, -0.15) is 0 Å². The molecule has 140 valence electrons. The number of hydrogen-bond acceptors (Lipinski definition) is 5. The Hall–Kier alpha value is -3.09. The maximum atomic E-state index is 12.3. The first kappa shape index (κ1) is 17.3. The molecule has 2 amide bonds. The molecular formula is C20H23N5O2. The lowest BCUT2D eigenvalue weighted by atomic mass is 10.2. The van der Waals surface area contributed by atoms with Crippen LogP contribution in [0.15, 0.2) is 40.9 Å². The Bertz CT molecular complexity index is 943. The standard InChI is InChI=1S/C20H23N5O2/c1-13(2)19-24-16-11-14(5-7-17(16)27-19)22-20(26)23-15-6-8-18(21-12-15)25-9-3-4-10-25/h5-8,11-13H,3-4,9-10H2,1-2H3,(H2,22,23,26). The van der Waals surface area contributed by atoms with Crippen molar-refractivity contribution in [2.24, 2.45) is 0 Å². The Morgan fingerprint density at radius 3 is 2.56 bits per heavy atom. The summed E-state index contributed by atoms with van der Waals surface area (Å²) in [4.78, 5) is 23.4. The van der Waals surface area contributed by atoms with E-state index in [1.54, 1.807) is 18.3 Å². The number of benzene rings is 1. The minimum Gasteiger partial charge on any atom is -0.440 e. The summed E-state index contributed by atoms with van der Waals surface area (Å²) in [6.07, 6.45) is 4.10. The SMILES string of the molecule is CC(C)c1nc2cc(NC(=O)Nc3ccc(N4CCCC4)nc3)ccc2o1. The van der Waals surface area contributed by atoms with Crippen LogP contribution in [0.5, 0.6) is 0 Å². The van der Waals surface area contributed by atoms with E-state index in [-0.39, 0.29) is 11.9 Å². The van der Waals surface area contributed by atoms with Gasteiger partial charge in [0.15, 0.2) is 11.5 Å². The molecule has 0 spiro atoms. The Kier molecular flexibility index (Phi) is 4.66. The summed E-state index contributed by atoms with van der Waals surface area (Å²) in [6.45, 7) is 6.15. The second kappa shape index (κ2) is 7.26. The highest BCUT2D eigenvalue weighted by Crippen LogP contribution is 2.24. The number of fused-ring (bicyclic) bond motifs is 1. The van der Waals surface area contributed by atoms with Crippen LogP contribution in [0.3, 0.4) is 0 Å². The van der Waals surface area contributed by atoms with Crippen LogP contribution in [-0.2, 0) is 0 Å². The lowest BCUT2D eigenvalue weighted by molar-refractivity contribution is 0.262. The van der Waals surface area contributed by atoms with Crippen LogP contribution >= 0.6 is 0 Å². The molecule has 1 saturated heterocycles. The molecule has 2 N–H and O–H groups in total. The van der Waals surface area contributed by atoms with E-state index in [0.29, 0.717) is 22.8 Å². The quantitative estimate of drug-likeness (QED) is 0.706. The number of nitrogens with one attached hydrogen (secondary N) is 2. The van der Waals surface area contributed by atoms with Crippen LogP contribution < -0.4 is 15.5 Å². The summed E-state index contributed by atoms with van der Waals surface area (Å²) in [5, 5.41) is 5.63. The zero-order chi connectivity index (χ0) is 18.8. The summed E-state index contributed by atoms with van der Waals surface area (Å²) < 4.78 is 5.69. The molecule has 0 radical (unpaired) electrons. The predicted molar refractivity (Wildman–Crippen MR) is 106 cm³/mol. The van der Waals surface area contributed by atoms with Gasteiger partial charge in [0, 0.05) is 24.7 Å². The van der Waals surface area contributed by atoms with Crippen LogP contribution in [0.4, 0.5) is 22.0 Å².